The van der Waals surface area contributed by atoms with Crippen LogP contribution in [-0.2, 0) is 6.54 Å². The standard InChI is InChI=1S/C17H25N5/c1-21(2)16(15-6-4-3-5-7-15)12-18-10-14-11-19-17-8-9-20-22(17)13-14/h3-9,14,16,18-19H,10-13H2,1-2H3/t14-,16+/m0/s1. The van der Waals surface area contributed by atoms with Crippen molar-refractivity contribution in [2.24, 2.45) is 5.92 Å². The zero-order chi connectivity index (χ0) is 15.4. The summed E-state index contributed by atoms with van der Waals surface area (Å²) in [6, 6.07) is 13.1. The summed E-state index contributed by atoms with van der Waals surface area (Å²) in [6.45, 7) is 3.96. The molecule has 22 heavy (non-hydrogen) atoms. The molecule has 2 atom stereocenters. The highest BCUT2D eigenvalue weighted by atomic mass is 15.3. The fraction of sp³-hybridized carbons (Fsp3) is 0.471. The second-order valence-corrected chi connectivity index (χ2v) is 6.19. The van der Waals surface area contributed by atoms with Crippen LogP contribution in [0.15, 0.2) is 42.6 Å². The van der Waals surface area contributed by atoms with Crippen LogP contribution in [-0.4, -0.2) is 48.4 Å². The summed E-state index contributed by atoms with van der Waals surface area (Å²) in [4.78, 5) is 2.27. The minimum absolute atomic E-state index is 0.401. The Hall–Kier alpha value is -1.85. The van der Waals surface area contributed by atoms with Gasteiger partial charge in [0.15, 0.2) is 0 Å². The first kappa shape index (κ1) is 15.1. The number of nitrogens with one attached hydrogen (secondary N) is 2. The van der Waals surface area contributed by atoms with Crippen LogP contribution in [0.1, 0.15) is 11.6 Å². The number of benzene rings is 1. The molecular weight excluding hydrogens is 274 g/mol. The molecule has 0 fully saturated rings. The third-order valence-corrected chi connectivity index (χ3v) is 4.30. The van der Waals surface area contributed by atoms with E-state index in [-0.39, 0.29) is 0 Å². The summed E-state index contributed by atoms with van der Waals surface area (Å²) in [5.41, 5.74) is 1.36. The van der Waals surface area contributed by atoms with E-state index in [2.05, 4.69) is 69.7 Å². The first-order valence-corrected chi connectivity index (χ1v) is 7.92. The van der Waals surface area contributed by atoms with Gasteiger partial charge in [-0.25, -0.2) is 4.68 Å². The van der Waals surface area contributed by atoms with Crippen LogP contribution in [0.4, 0.5) is 5.82 Å². The fourth-order valence-electron chi connectivity index (χ4n) is 3.02. The van der Waals surface area contributed by atoms with Crippen LogP contribution in [0, 0.1) is 5.92 Å². The average molecular weight is 299 g/mol. The van der Waals surface area contributed by atoms with E-state index >= 15 is 0 Å². The molecule has 1 aromatic heterocycles. The van der Waals surface area contributed by atoms with Crippen molar-refractivity contribution < 1.29 is 0 Å². The lowest BCUT2D eigenvalue weighted by Gasteiger charge is -2.28. The van der Waals surface area contributed by atoms with E-state index in [0.717, 1.165) is 32.0 Å². The SMILES string of the molecule is CN(C)[C@H](CNC[C@H]1CNc2ccnn2C1)c1ccccc1. The number of nitrogens with zero attached hydrogens (tertiary/aromatic N) is 3. The van der Waals surface area contributed by atoms with Gasteiger partial charge in [0.05, 0.1) is 6.20 Å². The van der Waals surface area contributed by atoms with Crippen molar-refractivity contribution in [2.45, 2.75) is 12.6 Å². The third kappa shape index (κ3) is 3.48. The summed E-state index contributed by atoms with van der Waals surface area (Å²) in [5, 5.41) is 11.4. The predicted molar refractivity (Wildman–Crippen MR) is 89.9 cm³/mol. The van der Waals surface area contributed by atoms with Crippen LogP contribution in [0.3, 0.4) is 0 Å². The molecule has 1 aliphatic heterocycles. The Kier molecular flexibility index (Phi) is 4.75. The zero-order valence-corrected chi connectivity index (χ0v) is 13.4. The van der Waals surface area contributed by atoms with E-state index in [1.165, 1.54) is 5.56 Å². The number of likely N-dealkylation sites (N-methyl/N-ethyl adjacent to an activating group) is 1. The molecule has 0 saturated heterocycles. The Labute approximate surface area is 132 Å². The summed E-state index contributed by atoms with van der Waals surface area (Å²) in [6.07, 6.45) is 1.86. The van der Waals surface area contributed by atoms with Crippen LogP contribution in [0.25, 0.3) is 0 Å². The molecule has 118 valence electrons. The molecule has 1 aromatic carbocycles. The predicted octanol–water partition coefficient (Wildman–Crippen LogP) is 1.82. The highest BCUT2D eigenvalue weighted by molar-refractivity contribution is 5.35. The molecule has 0 bridgehead atoms. The largest absolute Gasteiger partial charge is 0.370 e. The van der Waals surface area contributed by atoms with Crippen molar-refractivity contribution in [3.8, 4) is 0 Å². The van der Waals surface area contributed by atoms with Gasteiger partial charge >= 0.3 is 0 Å². The Morgan fingerprint density at radius 2 is 2.14 bits per heavy atom. The van der Waals surface area contributed by atoms with Crippen molar-refractivity contribution in [1.82, 2.24) is 20.0 Å². The quantitative estimate of drug-likeness (QED) is 0.854. The van der Waals surface area contributed by atoms with Crippen molar-refractivity contribution >= 4 is 5.82 Å². The van der Waals surface area contributed by atoms with Gasteiger partial charge in [0, 0.05) is 44.2 Å². The Morgan fingerprint density at radius 1 is 1.32 bits per heavy atom. The Bertz CT molecular complexity index is 578. The highest BCUT2D eigenvalue weighted by Gasteiger charge is 2.19. The molecule has 0 saturated carbocycles. The Balaban J connectivity index is 1.51. The minimum Gasteiger partial charge on any atom is -0.370 e. The molecule has 2 heterocycles. The smallest absolute Gasteiger partial charge is 0.124 e. The molecule has 1 aliphatic rings. The highest BCUT2D eigenvalue weighted by Crippen LogP contribution is 2.18. The van der Waals surface area contributed by atoms with Crippen molar-refractivity contribution in [3.63, 3.8) is 0 Å². The lowest BCUT2D eigenvalue weighted by molar-refractivity contribution is 0.279. The lowest BCUT2D eigenvalue weighted by atomic mass is 10.0. The van der Waals surface area contributed by atoms with Gasteiger partial charge in [0.25, 0.3) is 0 Å². The van der Waals surface area contributed by atoms with E-state index in [1.807, 2.05) is 12.3 Å². The molecule has 2 aromatic rings. The van der Waals surface area contributed by atoms with Crippen molar-refractivity contribution in [1.29, 1.82) is 0 Å². The molecule has 0 unspecified atom stereocenters. The van der Waals surface area contributed by atoms with Gasteiger partial charge in [-0.1, -0.05) is 30.3 Å². The van der Waals surface area contributed by atoms with E-state index < -0.39 is 0 Å². The molecule has 0 amide bonds. The van der Waals surface area contributed by atoms with Crippen molar-refractivity contribution in [2.75, 3.05) is 39.0 Å². The third-order valence-electron chi connectivity index (χ3n) is 4.30. The first-order chi connectivity index (χ1) is 10.7. The summed E-state index contributed by atoms with van der Waals surface area (Å²) in [7, 11) is 4.27. The van der Waals surface area contributed by atoms with E-state index in [0.29, 0.717) is 12.0 Å². The normalized spacial score (nSPS) is 18.8. The number of hydrogen-bond acceptors (Lipinski definition) is 4. The van der Waals surface area contributed by atoms with E-state index in [4.69, 9.17) is 0 Å². The molecule has 0 aliphatic carbocycles. The zero-order valence-electron chi connectivity index (χ0n) is 13.4. The van der Waals surface area contributed by atoms with Gasteiger partial charge in [0.1, 0.15) is 5.82 Å². The van der Waals surface area contributed by atoms with Gasteiger partial charge in [0.2, 0.25) is 0 Å². The molecule has 3 rings (SSSR count). The maximum atomic E-state index is 4.34. The van der Waals surface area contributed by atoms with Crippen LogP contribution in [0.2, 0.25) is 0 Å². The maximum Gasteiger partial charge on any atom is 0.124 e. The number of fused-ring (bicyclic) bond motifs is 1. The number of anilines is 1. The minimum atomic E-state index is 0.401. The van der Waals surface area contributed by atoms with E-state index in [9.17, 15) is 0 Å². The molecular formula is C17H25N5. The molecule has 2 N–H and O–H groups in total. The van der Waals surface area contributed by atoms with E-state index in [1.54, 1.807) is 0 Å². The fourth-order valence-corrected chi connectivity index (χ4v) is 3.02. The number of hydrogen-bond donors (Lipinski definition) is 2. The average Bonchev–Trinajstić information content (AvgIpc) is 2.99. The maximum absolute atomic E-state index is 4.34. The lowest BCUT2D eigenvalue weighted by Crippen LogP contribution is -2.38. The molecule has 5 heteroatoms. The second-order valence-electron chi connectivity index (χ2n) is 6.19. The van der Waals surface area contributed by atoms with Crippen molar-refractivity contribution in [3.05, 3.63) is 48.2 Å². The summed E-state index contributed by atoms with van der Waals surface area (Å²) < 4.78 is 2.05. The second kappa shape index (κ2) is 6.94. The van der Waals surface area contributed by atoms with Crippen LogP contribution in [0.5, 0.6) is 0 Å². The summed E-state index contributed by atoms with van der Waals surface area (Å²) >= 11 is 0. The number of rotatable bonds is 6. The molecule has 5 nitrogen and oxygen atoms in total. The van der Waals surface area contributed by atoms with Gasteiger partial charge in [-0.15, -0.1) is 0 Å². The van der Waals surface area contributed by atoms with Gasteiger partial charge in [-0.3, -0.25) is 0 Å². The first-order valence-electron chi connectivity index (χ1n) is 7.92. The molecule has 0 spiro atoms. The number of aromatic nitrogens is 2. The topological polar surface area (TPSA) is 45.1 Å². The summed E-state index contributed by atoms with van der Waals surface area (Å²) in [5.74, 6) is 1.71. The van der Waals surface area contributed by atoms with Gasteiger partial charge in [-0.05, 0) is 19.7 Å². The Morgan fingerprint density at radius 3 is 2.91 bits per heavy atom. The van der Waals surface area contributed by atoms with Gasteiger partial charge < -0.3 is 15.5 Å². The molecule has 0 radical (unpaired) electrons. The monoisotopic (exact) mass is 299 g/mol. The van der Waals surface area contributed by atoms with Gasteiger partial charge in [-0.2, -0.15) is 5.10 Å². The van der Waals surface area contributed by atoms with Crippen LogP contribution < -0.4 is 10.6 Å². The van der Waals surface area contributed by atoms with Crippen LogP contribution >= 0.6 is 0 Å².